The molecule has 0 bridgehead atoms. The molecule has 1 aromatic rings. The van der Waals surface area contributed by atoms with E-state index in [-0.39, 0.29) is 0 Å². The zero-order valence-corrected chi connectivity index (χ0v) is 11.9. The molecule has 116 valence electrons. The van der Waals surface area contributed by atoms with Crippen LogP contribution in [0.1, 0.15) is 6.42 Å². The number of aliphatic hydroxyl groups excluding tert-OH is 1. The number of hydrogen-bond acceptors (Lipinski definition) is 7. The predicted octanol–water partition coefficient (Wildman–Crippen LogP) is -0.917. The maximum Gasteiger partial charge on any atom is 0.329 e. The third-order valence-electron chi connectivity index (χ3n) is 3.63. The first-order valence-electron chi connectivity index (χ1n) is 6.81. The molecular formula is C13H21N5O3. The van der Waals surface area contributed by atoms with Gasteiger partial charge in [0.2, 0.25) is 0 Å². The Morgan fingerprint density at radius 3 is 2.90 bits per heavy atom. The van der Waals surface area contributed by atoms with Gasteiger partial charge in [-0.3, -0.25) is 0 Å². The Balaban J connectivity index is 2.32. The molecule has 1 aromatic heterocycles. The number of aliphatic carboxylic acids is 1. The number of rotatable bonds is 5. The van der Waals surface area contributed by atoms with Gasteiger partial charge < -0.3 is 31.5 Å². The lowest BCUT2D eigenvalue weighted by molar-refractivity contribution is -0.140. The Morgan fingerprint density at radius 2 is 2.29 bits per heavy atom. The highest BCUT2D eigenvalue weighted by molar-refractivity contribution is 5.80. The fraction of sp³-hybridized carbons (Fsp3) is 0.538. The van der Waals surface area contributed by atoms with Gasteiger partial charge in [0.1, 0.15) is 5.82 Å². The number of nitrogen functional groups attached to an aromatic ring is 1. The van der Waals surface area contributed by atoms with Crippen LogP contribution in [0.4, 0.5) is 17.3 Å². The van der Waals surface area contributed by atoms with Crippen molar-refractivity contribution in [3.63, 3.8) is 0 Å². The van der Waals surface area contributed by atoms with Gasteiger partial charge in [-0.2, -0.15) is 0 Å². The van der Waals surface area contributed by atoms with E-state index in [1.807, 2.05) is 11.9 Å². The van der Waals surface area contributed by atoms with Gasteiger partial charge >= 0.3 is 5.97 Å². The highest BCUT2D eigenvalue weighted by Crippen LogP contribution is 2.29. The number of hydrogen-bond donors (Lipinski definition) is 4. The Kier molecular flexibility index (Phi) is 4.49. The standard InChI is InChI=1S/C13H21N5O3/c1-17(7-5-14)12-8(15)2-3-10(16-12)18-6-4-9(19)11(18)13(20)21/h2-3,9,11,19H,4-7,14-15H2,1H3,(H,20,21). The Bertz CT molecular complexity index is 525. The van der Waals surface area contributed by atoms with E-state index >= 15 is 0 Å². The highest BCUT2D eigenvalue weighted by atomic mass is 16.4. The maximum atomic E-state index is 11.3. The second kappa shape index (κ2) is 6.15. The summed E-state index contributed by atoms with van der Waals surface area (Å²) in [4.78, 5) is 19.1. The zero-order valence-electron chi connectivity index (χ0n) is 11.9. The lowest BCUT2D eigenvalue weighted by Gasteiger charge is -2.26. The maximum absolute atomic E-state index is 11.3. The van der Waals surface area contributed by atoms with Gasteiger partial charge in [0.15, 0.2) is 11.9 Å². The number of nitrogens with two attached hydrogens (primary N) is 2. The molecule has 0 saturated carbocycles. The van der Waals surface area contributed by atoms with Crippen molar-refractivity contribution in [2.24, 2.45) is 5.73 Å². The lowest BCUT2D eigenvalue weighted by atomic mass is 10.2. The number of anilines is 3. The first kappa shape index (κ1) is 15.3. The molecule has 0 radical (unpaired) electrons. The van der Waals surface area contributed by atoms with Crippen LogP contribution in [0.3, 0.4) is 0 Å². The molecular weight excluding hydrogens is 274 g/mol. The normalized spacial score (nSPS) is 21.6. The van der Waals surface area contributed by atoms with E-state index < -0.39 is 18.1 Å². The molecule has 1 aliphatic heterocycles. The molecule has 8 nitrogen and oxygen atoms in total. The molecule has 1 aliphatic rings. The number of carboxylic acid groups (broad SMARTS) is 1. The van der Waals surface area contributed by atoms with Crippen molar-refractivity contribution in [1.29, 1.82) is 0 Å². The molecule has 21 heavy (non-hydrogen) atoms. The third kappa shape index (κ3) is 3.01. The van der Waals surface area contributed by atoms with Crippen molar-refractivity contribution >= 4 is 23.3 Å². The summed E-state index contributed by atoms with van der Waals surface area (Å²) in [6, 6.07) is 2.38. The first-order chi connectivity index (χ1) is 9.95. The van der Waals surface area contributed by atoms with Crippen LogP contribution >= 0.6 is 0 Å². The zero-order chi connectivity index (χ0) is 15.6. The molecule has 2 atom stereocenters. The fourth-order valence-corrected chi connectivity index (χ4v) is 2.55. The molecule has 0 amide bonds. The summed E-state index contributed by atoms with van der Waals surface area (Å²) in [5, 5.41) is 19.1. The fourth-order valence-electron chi connectivity index (χ4n) is 2.55. The van der Waals surface area contributed by atoms with E-state index in [0.717, 1.165) is 0 Å². The van der Waals surface area contributed by atoms with Crippen molar-refractivity contribution in [3.05, 3.63) is 12.1 Å². The Hall–Kier alpha value is -2.06. The molecule has 0 aliphatic carbocycles. The van der Waals surface area contributed by atoms with Crippen LogP contribution in [0, 0.1) is 0 Å². The summed E-state index contributed by atoms with van der Waals surface area (Å²) in [5.41, 5.74) is 11.9. The number of nitrogens with zero attached hydrogens (tertiary/aromatic N) is 3. The monoisotopic (exact) mass is 295 g/mol. The molecule has 6 N–H and O–H groups in total. The van der Waals surface area contributed by atoms with Crippen molar-refractivity contribution < 1.29 is 15.0 Å². The van der Waals surface area contributed by atoms with Gasteiger partial charge in [0.25, 0.3) is 0 Å². The molecule has 8 heteroatoms. The van der Waals surface area contributed by atoms with Gasteiger partial charge in [0, 0.05) is 26.7 Å². The smallest absolute Gasteiger partial charge is 0.329 e. The summed E-state index contributed by atoms with van der Waals surface area (Å²) in [6.07, 6.45) is -0.496. The van der Waals surface area contributed by atoms with Crippen molar-refractivity contribution in [2.45, 2.75) is 18.6 Å². The topological polar surface area (TPSA) is 129 Å². The molecule has 1 fully saturated rings. The average molecular weight is 295 g/mol. The Labute approximate surface area is 123 Å². The molecule has 2 heterocycles. The van der Waals surface area contributed by atoms with Crippen LogP contribution < -0.4 is 21.3 Å². The SMILES string of the molecule is CN(CCN)c1nc(N2CCC(O)C2C(=O)O)ccc1N. The van der Waals surface area contributed by atoms with Crippen LogP contribution in [0.5, 0.6) is 0 Å². The third-order valence-corrected chi connectivity index (χ3v) is 3.63. The van der Waals surface area contributed by atoms with E-state index in [1.54, 1.807) is 17.0 Å². The highest BCUT2D eigenvalue weighted by Gasteiger charge is 2.39. The molecule has 0 aromatic carbocycles. The van der Waals surface area contributed by atoms with Crippen LogP contribution in [0.15, 0.2) is 12.1 Å². The quantitative estimate of drug-likeness (QED) is 0.549. The van der Waals surface area contributed by atoms with Crippen LogP contribution in [0.25, 0.3) is 0 Å². The summed E-state index contributed by atoms with van der Waals surface area (Å²) in [7, 11) is 1.82. The number of carboxylic acids is 1. The second-order valence-electron chi connectivity index (χ2n) is 5.13. The van der Waals surface area contributed by atoms with Gasteiger partial charge in [-0.15, -0.1) is 0 Å². The summed E-state index contributed by atoms with van der Waals surface area (Å²) in [6.45, 7) is 1.49. The second-order valence-corrected chi connectivity index (χ2v) is 5.13. The number of likely N-dealkylation sites (N-methyl/N-ethyl adjacent to an activating group) is 1. The number of aliphatic hydroxyl groups is 1. The van der Waals surface area contributed by atoms with E-state index in [2.05, 4.69) is 4.98 Å². The van der Waals surface area contributed by atoms with Crippen LogP contribution in [-0.2, 0) is 4.79 Å². The van der Waals surface area contributed by atoms with E-state index in [9.17, 15) is 15.0 Å². The minimum atomic E-state index is -1.06. The summed E-state index contributed by atoms with van der Waals surface area (Å²) in [5.74, 6) is -0.00834. The molecule has 1 saturated heterocycles. The number of aromatic nitrogens is 1. The lowest BCUT2D eigenvalue weighted by Crippen LogP contribution is -2.42. The summed E-state index contributed by atoms with van der Waals surface area (Å²) < 4.78 is 0. The van der Waals surface area contributed by atoms with Crippen molar-refractivity contribution in [2.75, 3.05) is 42.2 Å². The molecule has 2 rings (SSSR count). The van der Waals surface area contributed by atoms with Crippen molar-refractivity contribution in [1.82, 2.24) is 4.98 Å². The first-order valence-corrected chi connectivity index (χ1v) is 6.81. The van der Waals surface area contributed by atoms with Crippen LogP contribution in [-0.4, -0.2) is 60.0 Å². The van der Waals surface area contributed by atoms with Crippen LogP contribution in [0.2, 0.25) is 0 Å². The van der Waals surface area contributed by atoms with Crippen molar-refractivity contribution in [3.8, 4) is 0 Å². The van der Waals surface area contributed by atoms with Gasteiger partial charge in [-0.05, 0) is 18.6 Å². The summed E-state index contributed by atoms with van der Waals surface area (Å²) >= 11 is 0. The van der Waals surface area contributed by atoms with E-state index in [4.69, 9.17) is 11.5 Å². The van der Waals surface area contributed by atoms with E-state index in [1.165, 1.54) is 0 Å². The van der Waals surface area contributed by atoms with Gasteiger partial charge in [0.05, 0.1) is 11.8 Å². The van der Waals surface area contributed by atoms with E-state index in [0.29, 0.717) is 43.4 Å². The number of carbonyl (C=O) groups is 1. The van der Waals surface area contributed by atoms with Gasteiger partial charge in [-0.1, -0.05) is 0 Å². The Morgan fingerprint density at radius 1 is 1.57 bits per heavy atom. The average Bonchev–Trinajstić information content (AvgIpc) is 2.81. The predicted molar refractivity (Wildman–Crippen MR) is 80.4 cm³/mol. The number of pyridine rings is 1. The minimum Gasteiger partial charge on any atom is -0.480 e. The largest absolute Gasteiger partial charge is 0.480 e. The molecule has 0 spiro atoms. The molecule has 2 unspecified atom stereocenters. The minimum absolute atomic E-state index is 0.400. The van der Waals surface area contributed by atoms with Gasteiger partial charge in [-0.25, -0.2) is 9.78 Å².